The molecule has 0 saturated carbocycles. The van der Waals surface area contributed by atoms with E-state index < -0.39 is 14.9 Å². The number of benzene rings is 4. The fourth-order valence-corrected chi connectivity index (χ4v) is 8.65. The summed E-state index contributed by atoms with van der Waals surface area (Å²) in [6.45, 7) is 9.44. The number of rotatable bonds is 6. The molecule has 0 atom stereocenters. The van der Waals surface area contributed by atoms with Crippen LogP contribution in [0.4, 0.5) is 4.39 Å². The van der Waals surface area contributed by atoms with Crippen molar-refractivity contribution in [2.24, 2.45) is 5.92 Å². The van der Waals surface area contributed by atoms with E-state index in [9.17, 15) is 4.39 Å². The first-order valence-corrected chi connectivity index (χ1v) is 20.2. The molecular weight excluding hydrogens is 804 g/mol. The van der Waals surface area contributed by atoms with Crippen LogP contribution in [0.25, 0.3) is 53.8 Å². The third-order valence-electron chi connectivity index (χ3n) is 8.05. The van der Waals surface area contributed by atoms with Crippen molar-refractivity contribution in [2.45, 2.75) is 46.8 Å². The molecule has 48 heavy (non-hydrogen) atoms. The first-order valence-electron chi connectivity index (χ1n) is 17.3. The molecule has 0 saturated heterocycles. The van der Waals surface area contributed by atoms with Gasteiger partial charge in [0.25, 0.3) is 0 Å². The van der Waals surface area contributed by atoms with Crippen LogP contribution in [0.1, 0.15) is 29.1 Å². The van der Waals surface area contributed by atoms with Crippen molar-refractivity contribution < 1.29 is 28.6 Å². The van der Waals surface area contributed by atoms with Crippen LogP contribution in [0.2, 0.25) is 19.6 Å². The Balaban J connectivity index is 0.000000211. The normalized spacial score (nSPS) is 12.5. The van der Waals surface area contributed by atoms with Gasteiger partial charge in [-0.25, -0.2) is 4.39 Å². The summed E-state index contributed by atoms with van der Waals surface area (Å²) in [6.07, 6.45) is 4.86. The summed E-state index contributed by atoms with van der Waals surface area (Å²) in [6, 6.07) is 36.3. The minimum Gasteiger partial charge on any atom is -0.305 e. The average Bonchev–Trinajstić information content (AvgIpc) is 3.46. The zero-order chi connectivity index (χ0) is 35.6. The summed E-state index contributed by atoms with van der Waals surface area (Å²) in [5.41, 5.74) is 6.50. The Morgan fingerprint density at radius 2 is 1.60 bits per heavy atom. The van der Waals surface area contributed by atoms with Gasteiger partial charge in [-0.05, 0) is 69.1 Å². The Labute approximate surface area is 306 Å². The number of thiophene rings is 1. The zero-order valence-corrected chi connectivity index (χ0v) is 31.9. The molecule has 6 heteroatoms. The van der Waals surface area contributed by atoms with Crippen LogP contribution in [0.15, 0.2) is 109 Å². The maximum atomic E-state index is 13.7. The van der Waals surface area contributed by atoms with Crippen LogP contribution in [-0.4, -0.2) is 18.0 Å². The Morgan fingerprint density at radius 1 is 0.833 bits per heavy atom. The molecule has 0 aliphatic carbocycles. The molecule has 1 radical (unpaired) electrons. The molecule has 0 unspecified atom stereocenters. The Hall–Kier alpha value is -3.80. The predicted molar refractivity (Wildman–Crippen MR) is 202 cm³/mol. The monoisotopic (exact) mass is 846 g/mol. The molecule has 0 amide bonds. The molecule has 3 aromatic heterocycles. The van der Waals surface area contributed by atoms with Crippen molar-refractivity contribution in [3.05, 3.63) is 139 Å². The van der Waals surface area contributed by atoms with E-state index in [-0.39, 0.29) is 31.5 Å². The molecule has 7 aromatic rings. The molecule has 0 aliphatic heterocycles. The van der Waals surface area contributed by atoms with Gasteiger partial charge in [0.2, 0.25) is 0 Å². The standard InChI is InChI=1S/C24H15FNS.C18H24NSi.Ir/c1-15-12-22(26-14-21(15)16-6-3-2-4-7-16)20-9-5-8-19-18-11-10-17(25)13-23(18)27-24(19)20;1-14(2)11-16-12-17(15-9-7-6-8-10-15)19-13-18(16)20(3,4)5;/h2-8,10-14H,1H3;6-9,12-14H,11H2,1-5H3;/q2*-1;/i1D3;;. The van der Waals surface area contributed by atoms with Gasteiger partial charge in [0.1, 0.15) is 5.82 Å². The van der Waals surface area contributed by atoms with E-state index in [1.165, 1.54) is 34.2 Å². The minimum atomic E-state index is -2.29. The van der Waals surface area contributed by atoms with Gasteiger partial charge in [0.05, 0.1) is 8.07 Å². The number of aryl methyl sites for hydroxylation is 1. The van der Waals surface area contributed by atoms with E-state index in [4.69, 9.17) is 4.11 Å². The molecule has 0 bridgehead atoms. The van der Waals surface area contributed by atoms with Gasteiger partial charge in [-0.1, -0.05) is 93.0 Å². The Bertz CT molecular complexity index is 2270. The maximum Gasteiger partial charge on any atom is 0.124 e. The maximum absolute atomic E-state index is 13.7. The van der Waals surface area contributed by atoms with Crippen LogP contribution in [0, 0.1) is 30.7 Å². The van der Waals surface area contributed by atoms with Crippen LogP contribution in [0.5, 0.6) is 0 Å². The number of hydrogen-bond acceptors (Lipinski definition) is 3. The summed E-state index contributed by atoms with van der Waals surface area (Å²) < 4.78 is 39.6. The van der Waals surface area contributed by atoms with E-state index in [1.807, 2.05) is 54.6 Å². The minimum absolute atomic E-state index is 0. The second-order valence-corrected chi connectivity index (χ2v) is 19.3. The van der Waals surface area contributed by atoms with Crippen LogP contribution in [0.3, 0.4) is 0 Å². The van der Waals surface area contributed by atoms with Crippen LogP contribution >= 0.6 is 11.3 Å². The first-order chi connectivity index (χ1) is 23.8. The second kappa shape index (κ2) is 15.2. The second-order valence-electron chi connectivity index (χ2n) is 13.2. The van der Waals surface area contributed by atoms with Crippen molar-refractivity contribution in [1.29, 1.82) is 0 Å². The topological polar surface area (TPSA) is 25.8 Å². The molecule has 0 aliphatic rings. The number of pyridine rings is 2. The summed E-state index contributed by atoms with van der Waals surface area (Å²) in [4.78, 5) is 9.28. The first kappa shape index (κ1) is 31.5. The molecule has 0 spiro atoms. The van der Waals surface area contributed by atoms with Gasteiger partial charge in [0, 0.05) is 46.9 Å². The molecular formula is C42H39FIrN2SSi-2. The summed E-state index contributed by atoms with van der Waals surface area (Å²) >= 11 is 1.46. The molecule has 4 aromatic carbocycles. The predicted octanol–water partition coefficient (Wildman–Crippen LogP) is 11.3. The molecule has 3 heterocycles. The van der Waals surface area contributed by atoms with Crippen molar-refractivity contribution in [3.63, 3.8) is 0 Å². The largest absolute Gasteiger partial charge is 0.305 e. The average molecular weight is 846 g/mol. The van der Waals surface area contributed by atoms with Gasteiger partial charge >= 0.3 is 0 Å². The number of hydrogen-bond donors (Lipinski definition) is 0. The third kappa shape index (κ3) is 7.90. The van der Waals surface area contributed by atoms with E-state index in [1.54, 1.807) is 24.4 Å². The van der Waals surface area contributed by atoms with Crippen molar-refractivity contribution in [2.75, 3.05) is 0 Å². The van der Waals surface area contributed by atoms with Gasteiger partial charge < -0.3 is 9.97 Å². The van der Waals surface area contributed by atoms with Crippen molar-refractivity contribution >= 4 is 44.8 Å². The molecule has 0 N–H and O–H groups in total. The van der Waals surface area contributed by atoms with Crippen molar-refractivity contribution in [1.82, 2.24) is 9.97 Å². The van der Waals surface area contributed by atoms with Crippen LogP contribution in [-0.2, 0) is 26.5 Å². The summed E-state index contributed by atoms with van der Waals surface area (Å²) in [5, 5.41) is 3.43. The number of halogens is 1. The fourth-order valence-electron chi connectivity index (χ4n) is 5.83. The SMILES string of the molecule is CC(C)Cc1cc(-c2[c-]cccc2)ncc1[Si](C)(C)C.[2H]C([2H])([2H])c1cc(-c2[c-]ccc3c2sc2cc(F)ccc23)ncc1-c1ccccc1.[Ir]. The molecule has 7 rings (SSSR count). The summed E-state index contributed by atoms with van der Waals surface area (Å²) in [5.74, 6) is 0.384. The van der Waals surface area contributed by atoms with E-state index in [2.05, 4.69) is 73.9 Å². The Morgan fingerprint density at radius 3 is 2.31 bits per heavy atom. The summed E-state index contributed by atoms with van der Waals surface area (Å²) in [7, 11) is -1.34. The Kier molecular flexibility index (Phi) is 9.95. The van der Waals surface area contributed by atoms with E-state index in [0.717, 1.165) is 49.0 Å². The van der Waals surface area contributed by atoms with E-state index in [0.29, 0.717) is 17.2 Å². The fraction of sp³-hybridized carbons (Fsp3) is 0.190. The number of aromatic nitrogens is 2. The quantitative estimate of drug-likeness (QED) is 0.123. The van der Waals surface area contributed by atoms with Gasteiger partial charge in [-0.2, -0.15) is 11.3 Å². The van der Waals surface area contributed by atoms with Gasteiger partial charge in [-0.15, -0.1) is 59.7 Å². The zero-order valence-electron chi connectivity index (χ0n) is 30.7. The van der Waals surface area contributed by atoms with Gasteiger partial charge in [0.15, 0.2) is 0 Å². The van der Waals surface area contributed by atoms with Gasteiger partial charge in [-0.3, -0.25) is 0 Å². The van der Waals surface area contributed by atoms with Crippen LogP contribution < -0.4 is 5.19 Å². The molecule has 2 nitrogen and oxygen atoms in total. The number of fused-ring (bicyclic) bond motifs is 3. The van der Waals surface area contributed by atoms with E-state index >= 15 is 0 Å². The smallest absolute Gasteiger partial charge is 0.124 e. The molecule has 0 fully saturated rings. The van der Waals surface area contributed by atoms with Crippen molar-refractivity contribution in [3.8, 4) is 33.6 Å². The molecule has 245 valence electrons. The number of nitrogens with zero attached hydrogens (tertiary/aromatic N) is 2. The third-order valence-corrected chi connectivity index (χ3v) is 11.3.